The zero-order valence-electron chi connectivity index (χ0n) is 10.2. The molecule has 0 heterocycles. The van der Waals surface area contributed by atoms with Gasteiger partial charge in [0.25, 0.3) is 0 Å². The molecule has 0 spiro atoms. The van der Waals surface area contributed by atoms with Crippen molar-refractivity contribution in [3.05, 3.63) is 58.6 Å². The lowest BCUT2D eigenvalue weighted by molar-refractivity contribution is 0.862. The van der Waals surface area contributed by atoms with Crippen molar-refractivity contribution in [2.45, 2.75) is 12.8 Å². The molecule has 3 heteroatoms. The zero-order valence-corrected chi connectivity index (χ0v) is 11.8. The van der Waals surface area contributed by atoms with E-state index in [4.69, 9.17) is 5.73 Å². The number of nitrogens with two attached hydrogens (primary N) is 1. The molecule has 2 nitrogen and oxygen atoms in total. The fourth-order valence-corrected chi connectivity index (χ4v) is 2.37. The molecule has 2 aromatic carbocycles. The van der Waals surface area contributed by atoms with E-state index in [-0.39, 0.29) is 0 Å². The number of aryl methyl sites for hydroxylation is 1. The van der Waals surface area contributed by atoms with E-state index >= 15 is 0 Å². The van der Waals surface area contributed by atoms with Crippen LogP contribution in [0.15, 0.2) is 53.0 Å². The van der Waals surface area contributed by atoms with Gasteiger partial charge in [-0.15, -0.1) is 0 Å². The second kappa shape index (κ2) is 6.45. The maximum Gasteiger partial charge on any atom is 0.0486 e. The van der Waals surface area contributed by atoms with Gasteiger partial charge in [0.05, 0.1) is 0 Å². The number of nitrogen functional groups attached to an aromatic ring is 1. The summed E-state index contributed by atoms with van der Waals surface area (Å²) in [5.74, 6) is 0. The molecule has 0 saturated heterocycles. The number of benzene rings is 2. The second-order valence-electron chi connectivity index (χ2n) is 4.26. The normalized spacial score (nSPS) is 10.3. The van der Waals surface area contributed by atoms with E-state index in [1.807, 2.05) is 24.3 Å². The minimum atomic E-state index is 0.775. The molecule has 0 amide bonds. The summed E-state index contributed by atoms with van der Waals surface area (Å²) in [7, 11) is 0. The summed E-state index contributed by atoms with van der Waals surface area (Å²) in [6.45, 7) is 0.956. The summed E-state index contributed by atoms with van der Waals surface area (Å²) < 4.78 is 1.02. The first-order valence-electron chi connectivity index (χ1n) is 6.08. The van der Waals surface area contributed by atoms with E-state index in [2.05, 4.69) is 45.5 Å². The Morgan fingerprint density at radius 2 is 1.83 bits per heavy atom. The molecule has 0 bridgehead atoms. The lowest BCUT2D eigenvalue weighted by atomic mass is 10.1. The van der Waals surface area contributed by atoms with Crippen LogP contribution in [0.1, 0.15) is 12.0 Å². The fourth-order valence-electron chi connectivity index (χ4n) is 1.83. The molecule has 18 heavy (non-hydrogen) atoms. The Hall–Kier alpha value is -1.48. The number of nitrogens with one attached hydrogen (secondary N) is 1. The largest absolute Gasteiger partial charge is 0.399 e. The van der Waals surface area contributed by atoms with Crippen LogP contribution in [0.3, 0.4) is 0 Å². The SMILES string of the molecule is Nc1ccc(NCCCc2ccccc2)c(Br)c1. The molecule has 0 aliphatic heterocycles. The quantitative estimate of drug-likeness (QED) is 0.645. The van der Waals surface area contributed by atoms with Gasteiger partial charge in [-0.05, 0) is 52.5 Å². The van der Waals surface area contributed by atoms with Crippen molar-refractivity contribution in [3.8, 4) is 0 Å². The monoisotopic (exact) mass is 304 g/mol. The number of hydrogen-bond acceptors (Lipinski definition) is 2. The highest BCUT2D eigenvalue weighted by Crippen LogP contribution is 2.24. The Labute approximate surface area is 116 Å². The molecular formula is C15H17BrN2. The van der Waals surface area contributed by atoms with Gasteiger partial charge in [0.15, 0.2) is 0 Å². The summed E-state index contributed by atoms with van der Waals surface area (Å²) in [5, 5.41) is 3.41. The average Bonchev–Trinajstić information content (AvgIpc) is 2.38. The van der Waals surface area contributed by atoms with Crippen LogP contribution in [-0.4, -0.2) is 6.54 Å². The Morgan fingerprint density at radius 3 is 2.56 bits per heavy atom. The van der Waals surface area contributed by atoms with E-state index in [0.717, 1.165) is 35.2 Å². The van der Waals surface area contributed by atoms with Crippen molar-refractivity contribution in [1.29, 1.82) is 0 Å². The summed E-state index contributed by atoms with van der Waals surface area (Å²) in [6.07, 6.45) is 2.21. The van der Waals surface area contributed by atoms with E-state index in [1.54, 1.807) is 0 Å². The molecule has 0 radical (unpaired) electrons. The van der Waals surface area contributed by atoms with Crippen molar-refractivity contribution in [2.75, 3.05) is 17.6 Å². The Morgan fingerprint density at radius 1 is 1.06 bits per heavy atom. The maximum absolute atomic E-state index is 5.70. The predicted molar refractivity (Wildman–Crippen MR) is 81.8 cm³/mol. The Kier molecular flexibility index (Phi) is 4.65. The van der Waals surface area contributed by atoms with Crippen LogP contribution in [0.2, 0.25) is 0 Å². The van der Waals surface area contributed by atoms with Gasteiger partial charge >= 0.3 is 0 Å². The summed E-state index contributed by atoms with van der Waals surface area (Å²) in [6, 6.07) is 16.4. The van der Waals surface area contributed by atoms with Crippen LogP contribution >= 0.6 is 15.9 Å². The average molecular weight is 305 g/mol. The van der Waals surface area contributed by atoms with Crippen molar-refractivity contribution >= 4 is 27.3 Å². The van der Waals surface area contributed by atoms with Gasteiger partial charge in [0.1, 0.15) is 0 Å². The third-order valence-corrected chi connectivity index (χ3v) is 3.45. The molecule has 0 atom stereocenters. The first-order valence-corrected chi connectivity index (χ1v) is 6.88. The van der Waals surface area contributed by atoms with E-state index in [0.29, 0.717) is 0 Å². The second-order valence-corrected chi connectivity index (χ2v) is 5.11. The molecule has 0 unspecified atom stereocenters. The molecule has 0 aromatic heterocycles. The van der Waals surface area contributed by atoms with Crippen LogP contribution in [0, 0.1) is 0 Å². The maximum atomic E-state index is 5.70. The van der Waals surface area contributed by atoms with Crippen LogP contribution < -0.4 is 11.1 Å². The standard InChI is InChI=1S/C15H17BrN2/c16-14-11-13(17)8-9-15(14)18-10-4-7-12-5-2-1-3-6-12/h1-3,5-6,8-9,11,18H,4,7,10,17H2. The number of rotatable bonds is 5. The minimum absolute atomic E-state index is 0.775. The van der Waals surface area contributed by atoms with Crippen molar-refractivity contribution < 1.29 is 0 Å². The highest BCUT2D eigenvalue weighted by molar-refractivity contribution is 9.10. The molecule has 3 N–H and O–H groups in total. The zero-order chi connectivity index (χ0) is 12.8. The van der Waals surface area contributed by atoms with Crippen LogP contribution in [0.5, 0.6) is 0 Å². The van der Waals surface area contributed by atoms with E-state index < -0.39 is 0 Å². The van der Waals surface area contributed by atoms with Crippen LogP contribution in [-0.2, 0) is 6.42 Å². The van der Waals surface area contributed by atoms with Gasteiger partial charge in [-0.2, -0.15) is 0 Å². The topological polar surface area (TPSA) is 38.0 Å². The molecule has 0 saturated carbocycles. The minimum Gasteiger partial charge on any atom is -0.399 e. The molecule has 2 rings (SSSR count). The van der Waals surface area contributed by atoms with Gasteiger partial charge in [-0.3, -0.25) is 0 Å². The smallest absolute Gasteiger partial charge is 0.0486 e. The number of halogens is 1. The lowest BCUT2D eigenvalue weighted by Gasteiger charge is -2.09. The molecule has 0 fully saturated rings. The predicted octanol–water partition coefficient (Wildman–Crippen LogP) is 4.08. The Bertz CT molecular complexity index is 497. The highest BCUT2D eigenvalue weighted by Gasteiger charge is 1.99. The van der Waals surface area contributed by atoms with Crippen LogP contribution in [0.4, 0.5) is 11.4 Å². The first-order chi connectivity index (χ1) is 8.75. The Balaban J connectivity index is 1.79. The van der Waals surface area contributed by atoms with Crippen molar-refractivity contribution in [2.24, 2.45) is 0 Å². The van der Waals surface area contributed by atoms with Gasteiger partial charge in [-0.1, -0.05) is 30.3 Å². The molecule has 94 valence electrons. The van der Waals surface area contributed by atoms with Gasteiger partial charge < -0.3 is 11.1 Å². The summed E-state index contributed by atoms with van der Waals surface area (Å²) in [5.41, 5.74) is 8.95. The lowest BCUT2D eigenvalue weighted by Crippen LogP contribution is -2.03. The molecule has 0 aliphatic rings. The number of anilines is 2. The summed E-state index contributed by atoms with van der Waals surface area (Å²) >= 11 is 3.50. The van der Waals surface area contributed by atoms with E-state index in [1.165, 1.54) is 5.56 Å². The third kappa shape index (κ3) is 3.77. The highest BCUT2D eigenvalue weighted by atomic mass is 79.9. The molecular weight excluding hydrogens is 288 g/mol. The van der Waals surface area contributed by atoms with Gasteiger partial charge in [-0.25, -0.2) is 0 Å². The van der Waals surface area contributed by atoms with Crippen molar-refractivity contribution in [1.82, 2.24) is 0 Å². The third-order valence-electron chi connectivity index (χ3n) is 2.79. The van der Waals surface area contributed by atoms with E-state index in [9.17, 15) is 0 Å². The first kappa shape index (κ1) is 13.0. The summed E-state index contributed by atoms with van der Waals surface area (Å²) in [4.78, 5) is 0. The van der Waals surface area contributed by atoms with Gasteiger partial charge in [0.2, 0.25) is 0 Å². The molecule has 2 aromatic rings. The van der Waals surface area contributed by atoms with Crippen LogP contribution in [0.25, 0.3) is 0 Å². The van der Waals surface area contributed by atoms with Crippen molar-refractivity contribution in [3.63, 3.8) is 0 Å². The number of hydrogen-bond donors (Lipinski definition) is 2. The fraction of sp³-hybridized carbons (Fsp3) is 0.200. The van der Waals surface area contributed by atoms with Gasteiger partial charge in [0, 0.05) is 22.4 Å². The molecule has 0 aliphatic carbocycles.